The number of amides is 1. The van der Waals surface area contributed by atoms with Crippen LogP contribution in [-0.2, 0) is 9.59 Å². The molecule has 0 saturated heterocycles. The summed E-state index contributed by atoms with van der Waals surface area (Å²) in [7, 11) is 1.62. The summed E-state index contributed by atoms with van der Waals surface area (Å²) in [5.41, 5.74) is 0.0983. The maximum absolute atomic E-state index is 12.6. The summed E-state index contributed by atoms with van der Waals surface area (Å²) in [6.07, 6.45) is 4.05. The molecular formula is C20H29NO4. The van der Waals surface area contributed by atoms with E-state index < -0.39 is 11.4 Å². The molecule has 25 heavy (non-hydrogen) atoms. The van der Waals surface area contributed by atoms with Crippen LogP contribution in [0.3, 0.4) is 0 Å². The zero-order valence-corrected chi connectivity index (χ0v) is 15.4. The van der Waals surface area contributed by atoms with Crippen molar-refractivity contribution in [1.82, 2.24) is 5.32 Å². The summed E-state index contributed by atoms with van der Waals surface area (Å²) in [5.74, 6) is -0.0548. The number of rotatable bonds is 7. The van der Waals surface area contributed by atoms with Crippen LogP contribution in [0.2, 0.25) is 0 Å². The molecular weight excluding hydrogens is 318 g/mol. The lowest BCUT2D eigenvalue weighted by molar-refractivity contribution is -0.154. The molecule has 0 radical (unpaired) electrons. The highest BCUT2D eigenvalue weighted by Gasteiger charge is 2.41. The second kappa shape index (κ2) is 8.37. The fourth-order valence-corrected chi connectivity index (χ4v) is 3.67. The van der Waals surface area contributed by atoms with Crippen LogP contribution in [0, 0.1) is 11.3 Å². The Morgan fingerprint density at radius 1 is 1.16 bits per heavy atom. The second-order valence-corrected chi connectivity index (χ2v) is 7.39. The van der Waals surface area contributed by atoms with Gasteiger partial charge in [0.15, 0.2) is 0 Å². The zero-order chi connectivity index (χ0) is 18.4. The summed E-state index contributed by atoms with van der Waals surface area (Å²) in [6, 6.07) is 7.48. The average Bonchev–Trinajstić information content (AvgIpc) is 2.60. The Morgan fingerprint density at radius 3 is 2.24 bits per heavy atom. The molecule has 0 bridgehead atoms. The van der Waals surface area contributed by atoms with Crippen molar-refractivity contribution >= 4 is 11.9 Å². The Hall–Kier alpha value is -2.04. The molecule has 5 heteroatoms. The molecule has 1 atom stereocenters. The highest BCUT2D eigenvalue weighted by molar-refractivity contribution is 5.85. The molecule has 1 fully saturated rings. The molecule has 2 N–H and O–H groups in total. The molecule has 1 aliphatic carbocycles. The van der Waals surface area contributed by atoms with E-state index in [1.807, 2.05) is 38.1 Å². The highest BCUT2D eigenvalue weighted by atomic mass is 16.5. The van der Waals surface area contributed by atoms with E-state index >= 15 is 0 Å². The Bertz CT molecular complexity index is 588. The summed E-state index contributed by atoms with van der Waals surface area (Å²) in [6.45, 7) is 4.09. The van der Waals surface area contributed by atoms with Gasteiger partial charge in [-0.15, -0.1) is 0 Å². The minimum Gasteiger partial charge on any atom is -0.497 e. The molecule has 1 aromatic rings. The summed E-state index contributed by atoms with van der Waals surface area (Å²) in [4.78, 5) is 24.4. The van der Waals surface area contributed by atoms with Gasteiger partial charge in [0.2, 0.25) is 5.91 Å². The van der Waals surface area contributed by atoms with Crippen molar-refractivity contribution in [3.05, 3.63) is 29.8 Å². The third kappa shape index (κ3) is 4.74. The summed E-state index contributed by atoms with van der Waals surface area (Å²) >= 11 is 0. The van der Waals surface area contributed by atoms with Crippen LogP contribution in [0.5, 0.6) is 5.75 Å². The number of carboxylic acid groups (broad SMARTS) is 1. The minimum atomic E-state index is -0.899. The van der Waals surface area contributed by atoms with E-state index in [2.05, 4.69) is 5.32 Å². The molecule has 1 aliphatic rings. The molecule has 0 heterocycles. The fraction of sp³-hybridized carbons (Fsp3) is 0.600. The monoisotopic (exact) mass is 347 g/mol. The van der Waals surface area contributed by atoms with Crippen molar-refractivity contribution in [2.45, 2.75) is 58.4 Å². The predicted molar refractivity (Wildman–Crippen MR) is 96.5 cm³/mol. The van der Waals surface area contributed by atoms with E-state index in [9.17, 15) is 14.7 Å². The van der Waals surface area contributed by atoms with Crippen molar-refractivity contribution in [1.29, 1.82) is 0 Å². The molecule has 0 aromatic heterocycles. The number of carboxylic acids is 1. The molecule has 0 unspecified atom stereocenters. The Balaban J connectivity index is 2.10. The van der Waals surface area contributed by atoms with Gasteiger partial charge in [0, 0.05) is 6.42 Å². The number of nitrogens with one attached hydrogen (secondary N) is 1. The number of hydrogen-bond donors (Lipinski definition) is 2. The lowest BCUT2D eigenvalue weighted by Crippen LogP contribution is -2.41. The SMILES string of the molecule is COc1ccc([C@H](NC(=O)CC2(C(=O)O)CCCCC2)C(C)C)cc1. The van der Waals surface area contributed by atoms with Gasteiger partial charge < -0.3 is 15.2 Å². The van der Waals surface area contributed by atoms with Gasteiger partial charge in [-0.05, 0) is 36.5 Å². The van der Waals surface area contributed by atoms with Gasteiger partial charge in [0.1, 0.15) is 5.75 Å². The first-order chi connectivity index (χ1) is 11.9. The van der Waals surface area contributed by atoms with E-state index in [4.69, 9.17) is 4.74 Å². The van der Waals surface area contributed by atoms with Crippen LogP contribution in [0.25, 0.3) is 0 Å². The number of aliphatic carboxylic acids is 1. The van der Waals surface area contributed by atoms with Crippen LogP contribution < -0.4 is 10.1 Å². The summed E-state index contributed by atoms with van der Waals surface area (Å²) in [5, 5.41) is 12.7. The van der Waals surface area contributed by atoms with E-state index in [1.54, 1.807) is 7.11 Å². The summed E-state index contributed by atoms with van der Waals surface area (Å²) < 4.78 is 5.18. The first kappa shape index (κ1) is 19.3. The van der Waals surface area contributed by atoms with Crippen LogP contribution in [0.4, 0.5) is 0 Å². The van der Waals surface area contributed by atoms with E-state index in [-0.39, 0.29) is 24.3 Å². The topological polar surface area (TPSA) is 75.6 Å². The van der Waals surface area contributed by atoms with Gasteiger partial charge >= 0.3 is 5.97 Å². The van der Waals surface area contributed by atoms with E-state index in [0.717, 1.165) is 30.6 Å². The van der Waals surface area contributed by atoms with E-state index in [1.165, 1.54) is 0 Å². The molecule has 0 spiro atoms. The highest BCUT2D eigenvalue weighted by Crippen LogP contribution is 2.40. The zero-order valence-electron chi connectivity index (χ0n) is 15.4. The Morgan fingerprint density at radius 2 is 1.76 bits per heavy atom. The smallest absolute Gasteiger partial charge is 0.310 e. The minimum absolute atomic E-state index is 0.0573. The van der Waals surface area contributed by atoms with Gasteiger partial charge in [-0.3, -0.25) is 9.59 Å². The van der Waals surface area contributed by atoms with Gasteiger partial charge in [-0.2, -0.15) is 0 Å². The van der Waals surface area contributed by atoms with Gasteiger partial charge in [-0.1, -0.05) is 45.2 Å². The normalized spacial score (nSPS) is 17.8. The second-order valence-electron chi connectivity index (χ2n) is 7.39. The maximum Gasteiger partial charge on any atom is 0.310 e. The average molecular weight is 347 g/mol. The number of carbonyl (C=O) groups excluding carboxylic acids is 1. The van der Waals surface area contributed by atoms with E-state index in [0.29, 0.717) is 12.8 Å². The van der Waals surface area contributed by atoms with Crippen molar-refractivity contribution in [3.8, 4) is 5.75 Å². The van der Waals surface area contributed by atoms with Crippen LogP contribution in [-0.4, -0.2) is 24.1 Å². The molecule has 1 aromatic carbocycles. The Kier molecular flexibility index (Phi) is 6.45. The van der Waals surface area contributed by atoms with Gasteiger partial charge in [-0.25, -0.2) is 0 Å². The quantitative estimate of drug-likeness (QED) is 0.783. The molecule has 5 nitrogen and oxygen atoms in total. The number of ether oxygens (including phenoxy) is 1. The Labute approximate surface area is 149 Å². The van der Waals surface area contributed by atoms with Crippen LogP contribution in [0.1, 0.15) is 64.0 Å². The van der Waals surface area contributed by atoms with Crippen LogP contribution >= 0.6 is 0 Å². The van der Waals surface area contributed by atoms with Crippen molar-refractivity contribution in [2.75, 3.05) is 7.11 Å². The fourth-order valence-electron chi connectivity index (χ4n) is 3.67. The van der Waals surface area contributed by atoms with Crippen molar-refractivity contribution < 1.29 is 19.4 Å². The maximum atomic E-state index is 12.6. The number of hydrogen-bond acceptors (Lipinski definition) is 3. The third-order valence-electron chi connectivity index (χ3n) is 5.22. The first-order valence-electron chi connectivity index (χ1n) is 9.05. The number of carbonyl (C=O) groups is 2. The van der Waals surface area contributed by atoms with Crippen molar-refractivity contribution in [2.24, 2.45) is 11.3 Å². The van der Waals surface area contributed by atoms with Crippen LogP contribution in [0.15, 0.2) is 24.3 Å². The molecule has 0 aliphatic heterocycles. The number of methoxy groups -OCH3 is 1. The lowest BCUT2D eigenvalue weighted by atomic mass is 9.71. The first-order valence-corrected chi connectivity index (χ1v) is 9.05. The predicted octanol–water partition coefficient (Wildman–Crippen LogP) is 3.93. The third-order valence-corrected chi connectivity index (χ3v) is 5.22. The number of benzene rings is 1. The molecule has 2 rings (SSSR count). The van der Waals surface area contributed by atoms with Gasteiger partial charge in [0.05, 0.1) is 18.6 Å². The standard InChI is InChI=1S/C20H29NO4/c1-14(2)18(15-7-9-16(25-3)10-8-15)21-17(22)13-20(19(23)24)11-5-4-6-12-20/h7-10,14,18H,4-6,11-13H2,1-3H3,(H,21,22)(H,23,24)/t18-/m1/s1. The lowest BCUT2D eigenvalue weighted by Gasteiger charge is -2.33. The molecule has 1 saturated carbocycles. The largest absolute Gasteiger partial charge is 0.497 e. The molecule has 138 valence electrons. The van der Waals surface area contributed by atoms with Gasteiger partial charge in [0.25, 0.3) is 0 Å². The van der Waals surface area contributed by atoms with Crippen molar-refractivity contribution in [3.63, 3.8) is 0 Å². The molecule has 1 amide bonds.